The summed E-state index contributed by atoms with van der Waals surface area (Å²) < 4.78 is 2.08. The lowest BCUT2D eigenvalue weighted by atomic mass is 10.1. The number of para-hydroxylation sites is 2. The molecule has 1 aliphatic rings. The van der Waals surface area contributed by atoms with Crippen LogP contribution in [0.4, 0.5) is 5.69 Å². The number of carbonyl (C=O) groups is 1. The summed E-state index contributed by atoms with van der Waals surface area (Å²) in [5.41, 5.74) is 4.26. The predicted octanol–water partition coefficient (Wildman–Crippen LogP) is 4.63. The maximum atomic E-state index is 12.4. The molecule has 130 valence electrons. The number of aromatic nitrogens is 1. The van der Waals surface area contributed by atoms with Crippen LogP contribution in [0, 0.1) is 0 Å². The molecule has 1 N–H and O–H groups in total. The van der Waals surface area contributed by atoms with Gasteiger partial charge in [0, 0.05) is 29.7 Å². The zero-order valence-electron chi connectivity index (χ0n) is 14.7. The lowest BCUT2D eigenvalue weighted by Gasteiger charge is -2.02. The monoisotopic (exact) mass is 361 g/mol. The summed E-state index contributed by atoms with van der Waals surface area (Å²) in [6, 6.07) is 16.2. The Kier molecular flexibility index (Phi) is 4.39. The van der Waals surface area contributed by atoms with E-state index in [1.54, 1.807) is 0 Å². The largest absolute Gasteiger partial charge is 0.350 e. The van der Waals surface area contributed by atoms with Crippen molar-refractivity contribution in [3.8, 4) is 0 Å². The fourth-order valence-corrected chi connectivity index (χ4v) is 3.96. The standard InChI is InChI=1S/C21H19N3OS/c1-3-14-8-4-6-10-17(14)22-21-23-20(25)19(26-21)12-15-13-24(2)18-11-7-5-9-16(15)18/h4-13H,3H2,1-2H3,(H,22,23,25). The van der Waals surface area contributed by atoms with E-state index in [1.165, 1.54) is 17.3 Å². The fraction of sp³-hybridized carbons (Fsp3) is 0.143. The molecule has 1 aliphatic heterocycles. The maximum absolute atomic E-state index is 12.4. The highest BCUT2D eigenvalue weighted by Crippen LogP contribution is 2.31. The van der Waals surface area contributed by atoms with Crippen molar-refractivity contribution in [2.75, 3.05) is 0 Å². The number of nitrogens with one attached hydrogen (secondary N) is 1. The first-order valence-corrected chi connectivity index (χ1v) is 9.39. The smallest absolute Gasteiger partial charge is 0.264 e. The molecular weight excluding hydrogens is 342 g/mol. The second kappa shape index (κ2) is 6.84. The van der Waals surface area contributed by atoms with Crippen LogP contribution in [0.15, 0.2) is 64.6 Å². The van der Waals surface area contributed by atoms with Crippen molar-refractivity contribution in [3.63, 3.8) is 0 Å². The topological polar surface area (TPSA) is 46.4 Å². The highest BCUT2D eigenvalue weighted by Gasteiger charge is 2.24. The van der Waals surface area contributed by atoms with Gasteiger partial charge in [-0.25, -0.2) is 4.99 Å². The number of thioether (sulfide) groups is 1. The summed E-state index contributed by atoms with van der Waals surface area (Å²) in [7, 11) is 2.01. The van der Waals surface area contributed by atoms with Gasteiger partial charge in [-0.3, -0.25) is 4.79 Å². The van der Waals surface area contributed by atoms with Crippen molar-refractivity contribution in [2.45, 2.75) is 13.3 Å². The molecule has 1 aromatic heterocycles. The van der Waals surface area contributed by atoms with Crippen LogP contribution in [0.25, 0.3) is 17.0 Å². The van der Waals surface area contributed by atoms with Gasteiger partial charge in [-0.15, -0.1) is 0 Å². The van der Waals surface area contributed by atoms with Crippen LogP contribution in [0.1, 0.15) is 18.1 Å². The number of hydrogen-bond acceptors (Lipinski definition) is 3. The van der Waals surface area contributed by atoms with Crippen molar-refractivity contribution < 1.29 is 4.79 Å². The van der Waals surface area contributed by atoms with E-state index in [2.05, 4.69) is 40.0 Å². The summed E-state index contributed by atoms with van der Waals surface area (Å²) in [5, 5.41) is 4.64. The van der Waals surface area contributed by atoms with Crippen LogP contribution >= 0.6 is 11.8 Å². The predicted molar refractivity (Wildman–Crippen MR) is 110 cm³/mol. The lowest BCUT2D eigenvalue weighted by Crippen LogP contribution is -2.19. The van der Waals surface area contributed by atoms with Crippen molar-refractivity contribution in [1.29, 1.82) is 0 Å². The Labute approximate surface area is 156 Å². The Balaban J connectivity index is 1.68. The maximum Gasteiger partial charge on any atom is 0.264 e. The number of hydrogen-bond donors (Lipinski definition) is 1. The molecule has 0 unspecified atom stereocenters. The van der Waals surface area contributed by atoms with Crippen LogP contribution in [-0.4, -0.2) is 15.6 Å². The second-order valence-corrected chi connectivity index (χ2v) is 7.21. The van der Waals surface area contributed by atoms with E-state index in [1.807, 2.05) is 49.7 Å². The summed E-state index contributed by atoms with van der Waals surface area (Å²) in [4.78, 5) is 17.7. The molecule has 0 atom stereocenters. The zero-order valence-corrected chi connectivity index (χ0v) is 15.5. The van der Waals surface area contributed by atoms with Gasteiger partial charge in [0.1, 0.15) is 0 Å². The molecule has 1 fully saturated rings. The molecule has 4 nitrogen and oxygen atoms in total. The third-order valence-corrected chi connectivity index (χ3v) is 5.37. The molecule has 26 heavy (non-hydrogen) atoms. The number of aryl methyl sites for hydroxylation is 2. The van der Waals surface area contributed by atoms with Crippen molar-refractivity contribution >= 4 is 45.5 Å². The number of aliphatic imine (C=N–C) groups is 1. The first-order valence-electron chi connectivity index (χ1n) is 8.57. The third-order valence-electron chi connectivity index (χ3n) is 4.46. The van der Waals surface area contributed by atoms with Gasteiger partial charge in [0.25, 0.3) is 5.91 Å². The number of nitrogens with zero attached hydrogens (tertiary/aromatic N) is 2. The fourth-order valence-electron chi connectivity index (χ4n) is 3.14. The number of fused-ring (bicyclic) bond motifs is 1. The van der Waals surface area contributed by atoms with E-state index in [9.17, 15) is 4.79 Å². The minimum Gasteiger partial charge on any atom is -0.350 e. The molecule has 0 spiro atoms. The summed E-state index contributed by atoms with van der Waals surface area (Å²) in [6.07, 6.45) is 4.90. The van der Waals surface area contributed by atoms with Gasteiger partial charge >= 0.3 is 0 Å². The normalized spacial score (nSPS) is 17.4. The van der Waals surface area contributed by atoms with Crippen molar-refractivity contribution in [3.05, 3.63) is 70.8 Å². The highest BCUT2D eigenvalue weighted by molar-refractivity contribution is 8.18. The second-order valence-electron chi connectivity index (χ2n) is 6.18. The molecule has 0 bridgehead atoms. The number of rotatable bonds is 3. The van der Waals surface area contributed by atoms with E-state index >= 15 is 0 Å². The minimum absolute atomic E-state index is 0.101. The number of carbonyl (C=O) groups excluding carboxylic acids is 1. The molecule has 1 amide bonds. The zero-order chi connectivity index (χ0) is 18.1. The Morgan fingerprint density at radius 3 is 2.77 bits per heavy atom. The quantitative estimate of drug-likeness (QED) is 0.691. The number of benzene rings is 2. The molecule has 4 rings (SSSR count). The molecule has 3 aromatic rings. The van der Waals surface area contributed by atoms with Crippen molar-refractivity contribution in [1.82, 2.24) is 9.88 Å². The van der Waals surface area contributed by atoms with Gasteiger partial charge in [0.2, 0.25) is 0 Å². The van der Waals surface area contributed by atoms with Crippen LogP contribution < -0.4 is 5.32 Å². The molecule has 1 saturated heterocycles. The van der Waals surface area contributed by atoms with Crippen LogP contribution in [0.3, 0.4) is 0 Å². The average molecular weight is 361 g/mol. The SMILES string of the molecule is CCc1ccccc1N=C1NC(=O)C(=Cc2cn(C)c3ccccc23)S1. The Morgan fingerprint density at radius 2 is 1.92 bits per heavy atom. The van der Waals surface area contributed by atoms with Crippen LogP contribution in [0.2, 0.25) is 0 Å². The molecule has 2 heterocycles. The van der Waals surface area contributed by atoms with Gasteiger partial charge in [-0.2, -0.15) is 0 Å². The highest BCUT2D eigenvalue weighted by atomic mass is 32.2. The molecule has 0 saturated carbocycles. The van der Waals surface area contributed by atoms with Gasteiger partial charge in [0.05, 0.1) is 10.6 Å². The van der Waals surface area contributed by atoms with Gasteiger partial charge in [0.15, 0.2) is 5.17 Å². The molecule has 0 aliphatic carbocycles. The van der Waals surface area contributed by atoms with Gasteiger partial charge in [-0.1, -0.05) is 43.3 Å². The van der Waals surface area contributed by atoms with E-state index in [0.29, 0.717) is 10.1 Å². The van der Waals surface area contributed by atoms with E-state index in [0.717, 1.165) is 28.6 Å². The Hall–Kier alpha value is -2.79. The molecule has 5 heteroatoms. The first kappa shape index (κ1) is 16.7. The van der Waals surface area contributed by atoms with E-state index in [-0.39, 0.29) is 5.91 Å². The molecule has 0 radical (unpaired) electrons. The Bertz CT molecular complexity index is 1060. The van der Waals surface area contributed by atoms with Gasteiger partial charge in [-0.05, 0) is 42.0 Å². The molecule has 2 aromatic carbocycles. The molecular formula is C21H19N3OS. The lowest BCUT2D eigenvalue weighted by molar-refractivity contribution is -0.115. The summed E-state index contributed by atoms with van der Waals surface area (Å²) in [6.45, 7) is 2.10. The average Bonchev–Trinajstić information content (AvgIpc) is 3.16. The minimum atomic E-state index is -0.101. The summed E-state index contributed by atoms with van der Waals surface area (Å²) in [5.74, 6) is -0.101. The van der Waals surface area contributed by atoms with Crippen LogP contribution in [-0.2, 0) is 18.3 Å². The Morgan fingerprint density at radius 1 is 1.15 bits per heavy atom. The number of amidine groups is 1. The van der Waals surface area contributed by atoms with E-state index < -0.39 is 0 Å². The van der Waals surface area contributed by atoms with Crippen molar-refractivity contribution in [2.24, 2.45) is 12.0 Å². The van der Waals surface area contributed by atoms with Gasteiger partial charge < -0.3 is 9.88 Å². The third kappa shape index (κ3) is 3.06. The van der Waals surface area contributed by atoms with Crippen LogP contribution in [0.5, 0.6) is 0 Å². The summed E-state index contributed by atoms with van der Waals surface area (Å²) >= 11 is 1.39. The number of amides is 1. The van der Waals surface area contributed by atoms with E-state index in [4.69, 9.17) is 0 Å². The first-order chi connectivity index (χ1) is 12.7.